The van der Waals surface area contributed by atoms with Crippen molar-refractivity contribution in [3.05, 3.63) is 83.4 Å². The molecule has 4 aromatic heterocycles. The molecule has 0 atom stereocenters. The van der Waals surface area contributed by atoms with Gasteiger partial charge in [-0.2, -0.15) is 0 Å². The van der Waals surface area contributed by atoms with Crippen molar-refractivity contribution >= 4 is 52.4 Å². The monoisotopic (exact) mass is 624 g/mol. The lowest BCUT2D eigenvalue weighted by Crippen LogP contribution is -2.25. The third-order valence-corrected chi connectivity index (χ3v) is 7.80. The molecule has 2 aliphatic heterocycles. The lowest BCUT2D eigenvalue weighted by Gasteiger charge is -2.22. The number of hydrogen-bond donors (Lipinski definition) is 1. The molecule has 2 amide bonds. The number of esters is 1. The Kier molecular flexibility index (Phi) is 9.52. The Bertz CT molecular complexity index is 1780. The molecule has 6 heterocycles. The van der Waals surface area contributed by atoms with Gasteiger partial charge in [-0.25, -0.2) is 19.9 Å². The van der Waals surface area contributed by atoms with E-state index in [0.717, 1.165) is 22.8 Å². The molecule has 1 N–H and O–H groups in total. The van der Waals surface area contributed by atoms with E-state index < -0.39 is 0 Å². The molecule has 4 aromatic rings. The van der Waals surface area contributed by atoms with Gasteiger partial charge in [0.25, 0.3) is 11.8 Å². The van der Waals surface area contributed by atoms with Gasteiger partial charge in [-0.05, 0) is 67.8 Å². The molecule has 13 nitrogen and oxygen atoms in total. The number of aliphatic hydroxyl groups is 1. The number of carbonyl (C=O) groups excluding carboxylic acids is 3. The highest BCUT2D eigenvalue weighted by Crippen LogP contribution is 2.38. The fraction of sp³-hybridized carbons (Fsp3) is 0.303. The van der Waals surface area contributed by atoms with Crippen molar-refractivity contribution in [2.75, 3.05) is 60.5 Å². The van der Waals surface area contributed by atoms with Crippen LogP contribution in [0.1, 0.15) is 45.7 Å². The van der Waals surface area contributed by atoms with Crippen molar-refractivity contribution in [3.63, 3.8) is 0 Å². The molecule has 238 valence electrons. The van der Waals surface area contributed by atoms with E-state index in [4.69, 9.17) is 5.11 Å². The van der Waals surface area contributed by atoms with Gasteiger partial charge in [0.05, 0.1) is 36.0 Å². The summed E-state index contributed by atoms with van der Waals surface area (Å²) in [4.78, 5) is 61.9. The summed E-state index contributed by atoms with van der Waals surface area (Å²) in [7, 11) is 4.78. The van der Waals surface area contributed by atoms with E-state index in [0.29, 0.717) is 53.7 Å². The maximum atomic E-state index is 12.9. The summed E-state index contributed by atoms with van der Waals surface area (Å²) in [6.07, 6.45) is 7.26. The summed E-state index contributed by atoms with van der Waals surface area (Å²) in [5.74, 6) is 1.88. The number of nitrogens with zero attached hydrogens (tertiary/aromatic N) is 8. The zero-order valence-corrected chi connectivity index (χ0v) is 26.5. The van der Waals surface area contributed by atoms with Crippen molar-refractivity contribution in [1.82, 2.24) is 19.9 Å². The van der Waals surface area contributed by atoms with Crippen molar-refractivity contribution in [1.29, 1.82) is 0 Å². The first kappa shape index (κ1) is 32.0. The largest absolute Gasteiger partial charge is 0.469 e. The number of aromatic nitrogens is 4. The Balaban J connectivity index is 0.000000182. The van der Waals surface area contributed by atoms with E-state index >= 15 is 0 Å². The number of fused-ring (bicyclic) bond motifs is 4. The van der Waals surface area contributed by atoms with Gasteiger partial charge in [-0.15, -0.1) is 0 Å². The molecule has 0 unspecified atom stereocenters. The Morgan fingerprint density at radius 2 is 1.24 bits per heavy atom. The van der Waals surface area contributed by atoms with Gasteiger partial charge >= 0.3 is 5.97 Å². The van der Waals surface area contributed by atoms with Gasteiger partial charge in [0, 0.05) is 58.6 Å². The molecule has 0 radical (unpaired) electrons. The number of methoxy groups -OCH3 is 1. The first-order valence-corrected chi connectivity index (χ1v) is 14.9. The molecule has 0 fully saturated rings. The van der Waals surface area contributed by atoms with E-state index in [1.807, 2.05) is 47.9 Å². The van der Waals surface area contributed by atoms with Crippen LogP contribution in [-0.4, -0.2) is 83.7 Å². The fourth-order valence-corrected chi connectivity index (χ4v) is 5.44. The Labute approximate surface area is 267 Å². The first-order chi connectivity index (χ1) is 22.2. The molecule has 2 aliphatic rings. The summed E-state index contributed by atoms with van der Waals surface area (Å²) < 4.78 is 4.68. The zero-order valence-electron chi connectivity index (χ0n) is 26.5. The molecule has 0 saturated heterocycles. The average molecular weight is 625 g/mol. The van der Waals surface area contributed by atoms with Gasteiger partial charge in [-0.1, -0.05) is 0 Å². The highest BCUT2D eigenvalue weighted by molar-refractivity contribution is 6.13. The SMILES string of the molecule is CCN1c2ncc(CC(=O)OC)cc2C(=O)N(C)c2cccnc21.CCN1c2ncc(CCO)cc2C(=O)N(C)c2cccnc21. The molecule has 0 aliphatic carbocycles. The molecule has 0 aromatic carbocycles. The van der Waals surface area contributed by atoms with Crippen LogP contribution in [0.4, 0.5) is 34.6 Å². The average Bonchev–Trinajstić information content (AvgIpc) is 3.23. The number of aliphatic hydroxyl groups excluding tert-OH is 1. The minimum Gasteiger partial charge on any atom is -0.469 e. The number of rotatable bonds is 6. The number of anilines is 6. The molecule has 46 heavy (non-hydrogen) atoms. The van der Waals surface area contributed by atoms with Crippen LogP contribution in [-0.2, 0) is 22.4 Å². The van der Waals surface area contributed by atoms with E-state index in [-0.39, 0.29) is 30.8 Å². The Morgan fingerprint density at radius 3 is 1.70 bits per heavy atom. The second-order valence-electron chi connectivity index (χ2n) is 10.6. The predicted octanol–water partition coefficient (Wildman–Crippen LogP) is 3.70. The molecule has 0 saturated carbocycles. The summed E-state index contributed by atoms with van der Waals surface area (Å²) >= 11 is 0. The lowest BCUT2D eigenvalue weighted by molar-refractivity contribution is -0.139. The van der Waals surface area contributed by atoms with Crippen LogP contribution < -0.4 is 19.6 Å². The van der Waals surface area contributed by atoms with Gasteiger partial charge in [0.1, 0.15) is 11.6 Å². The van der Waals surface area contributed by atoms with E-state index in [1.54, 1.807) is 60.8 Å². The first-order valence-electron chi connectivity index (χ1n) is 14.9. The van der Waals surface area contributed by atoms with Crippen molar-refractivity contribution in [3.8, 4) is 0 Å². The van der Waals surface area contributed by atoms with Crippen LogP contribution in [0.3, 0.4) is 0 Å². The smallest absolute Gasteiger partial charge is 0.310 e. The number of carbonyl (C=O) groups is 3. The number of hydrogen-bond acceptors (Lipinski definition) is 11. The van der Waals surface area contributed by atoms with E-state index in [9.17, 15) is 14.4 Å². The quantitative estimate of drug-likeness (QED) is 0.314. The van der Waals surface area contributed by atoms with E-state index in [1.165, 1.54) is 7.11 Å². The fourth-order valence-electron chi connectivity index (χ4n) is 5.44. The topological polar surface area (TPSA) is 145 Å². The van der Waals surface area contributed by atoms with Crippen molar-refractivity contribution in [2.24, 2.45) is 0 Å². The van der Waals surface area contributed by atoms with Crippen LogP contribution in [0, 0.1) is 0 Å². The number of pyridine rings is 4. The zero-order chi connectivity index (χ0) is 33.0. The maximum Gasteiger partial charge on any atom is 0.310 e. The van der Waals surface area contributed by atoms with Crippen molar-refractivity contribution in [2.45, 2.75) is 26.7 Å². The molecule has 13 heteroatoms. The van der Waals surface area contributed by atoms with Crippen LogP contribution in [0.5, 0.6) is 0 Å². The van der Waals surface area contributed by atoms with Crippen molar-refractivity contribution < 1.29 is 24.2 Å². The van der Waals surface area contributed by atoms with Gasteiger partial charge in [-0.3, -0.25) is 14.4 Å². The van der Waals surface area contributed by atoms with Crippen LogP contribution in [0.25, 0.3) is 0 Å². The maximum absolute atomic E-state index is 12.9. The summed E-state index contributed by atoms with van der Waals surface area (Å²) in [6, 6.07) is 10.9. The molecule has 6 rings (SSSR count). The minimum absolute atomic E-state index is 0.0315. The second-order valence-corrected chi connectivity index (χ2v) is 10.6. The van der Waals surface area contributed by atoms with E-state index in [2.05, 4.69) is 24.7 Å². The Morgan fingerprint density at radius 1 is 0.761 bits per heavy atom. The minimum atomic E-state index is -0.372. The highest BCUT2D eigenvalue weighted by atomic mass is 16.5. The molecular weight excluding hydrogens is 588 g/mol. The molecule has 0 bridgehead atoms. The van der Waals surface area contributed by atoms with Gasteiger partial charge < -0.3 is 29.4 Å². The predicted molar refractivity (Wildman–Crippen MR) is 174 cm³/mol. The highest BCUT2D eigenvalue weighted by Gasteiger charge is 2.32. The summed E-state index contributed by atoms with van der Waals surface area (Å²) in [5, 5.41) is 9.09. The third kappa shape index (κ3) is 5.96. The van der Waals surface area contributed by atoms with Gasteiger partial charge in [0.2, 0.25) is 0 Å². The van der Waals surface area contributed by atoms with Crippen LogP contribution in [0.15, 0.2) is 61.2 Å². The number of ether oxygens (including phenoxy) is 1. The molecular formula is C33H36N8O5. The normalized spacial score (nSPS) is 13.4. The standard InChI is InChI=1S/C17H18N4O3.C16H18N4O2/c1-4-21-15-12(8-11(10-19-15)9-14(22)24-3)17(23)20(2)13-6-5-7-18-16(13)21;1-3-20-14-12(9-11(6-8-21)10-18-14)16(22)19(2)13-5-4-7-17-15(13)20/h5-8,10H,4,9H2,1-3H3;4-5,7,9-10,21H,3,6,8H2,1-2H3. The second kappa shape index (κ2) is 13.7. The lowest BCUT2D eigenvalue weighted by atomic mass is 10.1. The van der Waals surface area contributed by atoms with Gasteiger partial charge in [0.15, 0.2) is 11.6 Å². The Hall–Kier alpha value is -5.43. The number of amides is 2. The summed E-state index contributed by atoms with van der Waals surface area (Å²) in [5.41, 5.74) is 3.94. The molecule has 0 spiro atoms. The van der Waals surface area contributed by atoms with Crippen LogP contribution in [0.2, 0.25) is 0 Å². The van der Waals surface area contributed by atoms with Crippen LogP contribution >= 0.6 is 0 Å². The summed E-state index contributed by atoms with van der Waals surface area (Å²) in [6.45, 7) is 5.28. The third-order valence-electron chi connectivity index (χ3n) is 7.80.